The van der Waals surface area contributed by atoms with Crippen LogP contribution in [0.15, 0.2) is 35.4 Å². The third-order valence-electron chi connectivity index (χ3n) is 3.14. The van der Waals surface area contributed by atoms with Crippen LogP contribution in [0.4, 0.5) is 5.69 Å². The Labute approximate surface area is 145 Å². The lowest BCUT2D eigenvalue weighted by Gasteiger charge is -2.13. The number of aromatic nitrogens is 1. The number of primary amides is 1. The Morgan fingerprint density at radius 1 is 1.35 bits per heavy atom. The Morgan fingerprint density at radius 2 is 2.09 bits per heavy atom. The predicted molar refractivity (Wildman–Crippen MR) is 99.1 cm³/mol. The van der Waals surface area contributed by atoms with Crippen LogP contribution in [0.2, 0.25) is 0 Å². The third kappa shape index (κ3) is 5.55. The number of carbonyl (C=O) groups is 1. The number of hydrogen-bond donors (Lipinski definition) is 2. The van der Waals surface area contributed by atoms with Gasteiger partial charge in [-0.3, -0.25) is 4.79 Å². The zero-order valence-electron chi connectivity index (χ0n) is 13.8. The van der Waals surface area contributed by atoms with Gasteiger partial charge in [0, 0.05) is 39.2 Å². The minimum absolute atomic E-state index is 0.0887. The van der Waals surface area contributed by atoms with Gasteiger partial charge in [0.05, 0.1) is 11.6 Å². The van der Waals surface area contributed by atoms with Crippen LogP contribution in [0, 0.1) is 0 Å². The maximum absolute atomic E-state index is 10.9. The molecule has 1 aromatic heterocycles. The number of thiazole rings is 1. The standard InChI is InChI=1S/C17H23N3OS2/c1-17(2,3)16-20-11-12(23-16)10-19-13-6-4-5-7-14(13)22-9-8-15(18)21/h4-7,11,19H,8-10H2,1-3H3,(H2,18,21). The van der Waals surface area contributed by atoms with Crippen molar-refractivity contribution < 1.29 is 4.79 Å². The number of rotatable bonds is 7. The highest BCUT2D eigenvalue weighted by molar-refractivity contribution is 7.99. The van der Waals surface area contributed by atoms with Gasteiger partial charge in [0.1, 0.15) is 0 Å². The lowest BCUT2D eigenvalue weighted by atomic mass is 9.98. The minimum atomic E-state index is -0.262. The molecule has 0 unspecified atom stereocenters. The molecule has 1 amide bonds. The highest BCUT2D eigenvalue weighted by Crippen LogP contribution is 2.30. The van der Waals surface area contributed by atoms with E-state index in [2.05, 4.69) is 43.2 Å². The predicted octanol–water partition coefficient (Wildman–Crippen LogP) is 4.02. The number of thioether (sulfide) groups is 1. The molecule has 2 aromatic rings. The van der Waals surface area contributed by atoms with Gasteiger partial charge in [-0.25, -0.2) is 4.98 Å². The normalized spacial score (nSPS) is 11.4. The van der Waals surface area contributed by atoms with E-state index in [-0.39, 0.29) is 11.3 Å². The summed E-state index contributed by atoms with van der Waals surface area (Å²) in [5.41, 5.74) is 6.36. The molecule has 0 aliphatic carbocycles. The van der Waals surface area contributed by atoms with E-state index in [1.807, 2.05) is 18.3 Å². The largest absolute Gasteiger partial charge is 0.379 e. The first kappa shape index (κ1) is 17.8. The van der Waals surface area contributed by atoms with E-state index >= 15 is 0 Å². The molecule has 0 aliphatic heterocycles. The molecule has 0 atom stereocenters. The van der Waals surface area contributed by atoms with Crippen LogP contribution in [0.5, 0.6) is 0 Å². The second-order valence-electron chi connectivity index (χ2n) is 6.30. The van der Waals surface area contributed by atoms with Gasteiger partial charge in [0.2, 0.25) is 5.91 Å². The van der Waals surface area contributed by atoms with E-state index in [1.165, 1.54) is 4.88 Å². The Morgan fingerprint density at radius 3 is 2.74 bits per heavy atom. The van der Waals surface area contributed by atoms with Gasteiger partial charge in [-0.15, -0.1) is 23.1 Å². The SMILES string of the molecule is CC(C)(C)c1ncc(CNc2ccccc2SCCC(N)=O)s1. The van der Waals surface area contributed by atoms with Crippen molar-refractivity contribution >= 4 is 34.7 Å². The quantitative estimate of drug-likeness (QED) is 0.741. The summed E-state index contributed by atoms with van der Waals surface area (Å²) in [6.07, 6.45) is 2.34. The highest BCUT2D eigenvalue weighted by Gasteiger charge is 2.17. The van der Waals surface area contributed by atoms with Crippen LogP contribution in [0.3, 0.4) is 0 Å². The van der Waals surface area contributed by atoms with Crippen molar-refractivity contribution in [2.45, 2.75) is 44.0 Å². The van der Waals surface area contributed by atoms with E-state index in [1.54, 1.807) is 23.1 Å². The summed E-state index contributed by atoms with van der Waals surface area (Å²) < 4.78 is 0. The molecule has 23 heavy (non-hydrogen) atoms. The molecule has 0 radical (unpaired) electrons. The fraction of sp³-hybridized carbons (Fsp3) is 0.412. The molecule has 0 saturated heterocycles. The zero-order chi connectivity index (χ0) is 16.9. The molecule has 0 bridgehead atoms. The number of nitrogens with zero attached hydrogens (tertiary/aromatic N) is 1. The molecule has 6 heteroatoms. The number of para-hydroxylation sites is 1. The Hall–Kier alpha value is -1.53. The topological polar surface area (TPSA) is 68.0 Å². The average Bonchev–Trinajstić information content (AvgIpc) is 2.95. The average molecular weight is 350 g/mol. The molecular formula is C17H23N3OS2. The summed E-state index contributed by atoms with van der Waals surface area (Å²) in [6.45, 7) is 7.27. The molecule has 0 aliphatic rings. The van der Waals surface area contributed by atoms with E-state index < -0.39 is 0 Å². The fourth-order valence-corrected chi connectivity index (χ4v) is 3.82. The lowest BCUT2D eigenvalue weighted by molar-refractivity contribution is -0.117. The molecule has 1 heterocycles. The van der Waals surface area contributed by atoms with Crippen molar-refractivity contribution in [3.8, 4) is 0 Å². The van der Waals surface area contributed by atoms with E-state index in [0.717, 1.165) is 22.1 Å². The number of nitrogens with two attached hydrogens (primary N) is 1. The van der Waals surface area contributed by atoms with E-state index in [9.17, 15) is 4.79 Å². The highest BCUT2D eigenvalue weighted by atomic mass is 32.2. The summed E-state index contributed by atoms with van der Waals surface area (Å²) in [7, 11) is 0. The van der Waals surface area contributed by atoms with Crippen LogP contribution < -0.4 is 11.1 Å². The maximum Gasteiger partial charge on any atom is 0.218 e. The van der Waals surface area contributed by atoms with Crippen molar-refractivity contribution in [3.63, 3.8) is 0 Å². The van der Waals surface area contributed by atoms with Crippen molar-refractivity contribution in [1.82, 2.24) is 4.98 Å². The monoisotopic (exact) mass is 349 g/mol. The third-order valence-corrected chi connectivity index (χ3v) is 5.64. The molecule has 2 rings (SSSR count). The summed E-state index contributed by atoms with van der Waals surface area (Å²) in [6, 6.07) is 8.12. The van der Waals surface area contributed by atoms with Gasteiger partial charge in [0.15, 0.2) is 0 Å². The summed E-state index contributed by atoms with van der Waals surface area (Å²) in [5.74, 6) is 0.435. The number of anilines is 1. The van der Waals surface area contributed by atoms with Gasteiger partial charge in [0.25, 0.3) is 0 Å². The Balaban J connectivity index is 1.97. The van der Waals surface area contributed by atoms with Crippen LogP contribution in [0.25, 0.3) is 0 Å². The summed E-state index contributed by atoms with van der Waals surface area (Å²) >= 11 is 3.39. The van der Waals surface area contributed by atoms with E-state index in [0.29, 0.717) is 12.2 Å². The van der Waals surface area contributed by atoms with Gasteiger partial charge in [-0.2, -0.15) is 0 Å². The molecule has 124 valence electrons. The number of hydrogen-bond acceptors (Lipinski definition) is 5. The van der Waals surface area contributed by atoms with Crippen LogP contribution in [0.1, 0.15) is 37.1 Å². The van der Waals surface area contributed by atoms with Crippen molar-refractivity contribution in [1.29, 1.82) is 0 Å². The maximum atomic E-state index is 10.9. The lowest BCUT2D eigenvalue weighted by Crippen LogP contribution is -2.11. The number of carbonyl (C=O) groups excluding carboxylic acids is 1. The first-order valence-electron chi connectivity index (χ1n) is 7.55. The van der Waals surface area contributed by atoms with Crippen molar-refractivity contribution in [3.05, 3.63) is 40.3 Å². The van der Waals surface area contributed by atoms with Crippen molar-refractivity contribution in [2.24, 2.45) is 5.73 Å². The number of amides is 1. The summed E-state index contributed by atoms with van der Waals surface area (Å²) in [5, 5.41) is 4.62. The Kier molecular flexibility index (Phi) is 6.07. The van der Waals surface area contributed by atoms with Crippen molar-refractivity contribution in [2.75, 3.05) is 11.1 Å². The fourth-order valence-electron chi connectivity index (χ4n) is 1.92. The second-order valence-corrected chi connectivity index (χ2v) is 8.55. The summed E-state index contributed by atoms with van der Waals surface area (Å²) in [4.78, 5) is 17.7. The Bertz CT molecular complexity index is 662. The molecule has 0 saturated carbocycles. The van der Waals surface area contributed by atoms with Crippen LogP contribution >= 0.6 is 23.1 Å². The molecule has 3 N–H and O–H groups in total. The zero-order valence-corrected chi connectivity index (χ0v) is 15.4. The van der Waals surface area contributed by atoms with Crippen LogP contribution in [-0.4, -0.2) is 16.6 Å². The molecule has 1 aromatic carbocycles. The van der Waals surface area contributed by atoms with Gasteiger partial charge >= 0.3 is 0 Å². The van der Waals surface area contributed by atoms with Gasteiger partial charge in [-0.05, 0) is 12.1 Å². The smallest absolute Gasteiger partial charge is 0.218 e. The minimum Gasteiger partial charge on any atom is -0.379 e. The molecular weight excluding hydrogens is 326 g/mol. The van der Waals surface area contributed by atoms with Gasteiger partial charge in [-0.1, -0.05) is 32.9 Å². The van der Waals surface area contributed by atoms with E-state index in [4.69, 9.17) is 5.73 Å². The number of benzene rings is 1. The first-order chi connectivity index (χ1) is 10.9. The first-order valence-corrected chi connectivity index (χ1v) is 9.35. The van der Waals surface area contributed by atoms with Crippen LogP contribution in [-0.2, 0) is 16.8 Å². The second kappa shape index (κ2) is 7.84. The molecule has 0 fully saturated rings. The van der Waals surface area contributed by atoms with Gasteiger partial charge < -0.3 is 11.1 Å². The molecule has 0 spiro atoms. The molecule has 4 nitrogen and oxygen atoms in total. The number of nitrogens with one attached hydrogen (secondary N) is 1.